The van der Waals surface area contributed by atoms with Crippen molar-refractivity contribution in [1.29, 1.82) is 0 Å². The van der Waals surface area contributed by atoms with Crippen LogP contribution < -0.4 is 0 Å². The maximum atomic E-state index is 12.4. The molecule has 0 amide bonds. The Labute approximate surface area is 104 Å². The second-order valence-corrected chi connectivity index (χ2v) is 3.82. The molecule has 0 saturated carbocycles. The molecule has 0 spiro atoms. The zero-order chi connectivity index (χ0) is 13.4. The van der Waals surface area contributed by atoms with E-state index in [-0.39, 0.29) is 6.07 Å². The topological polar surface area (TPSA) is 56.0 Å². The molecular weight excluding hydrogens is 366 g/mol. The normalized spacial score (nSPS) is 11.9. The van der Waals surface area contributed by atoms with Gasteiger partial charge in [-0.15, -0.1) is 0 Å². The third-order valence-electron chi connectivity index (χ3n) is 1.70. The van der Waals surface area contributed by atoms with Crippen molar-refractivity contribution in [3.63, 3.8) is 0 Å². The first-order valence-corrected chi connectivity index (χ1v) is 4.92. The zero-order valence-corrected chi connectivity index (χ0v) is 9.79. The lowest BCUT2D eigenvalue weighted by atomic mass is 10.2. The Hall–Kier alpha value is -1.07. The maximum absolute atomic E-state index is 12.4. The number of aromatic nitrogens is 1. The number of halogens is 6. The first-order valence-electron chi connectivity index (χ1n) is 3.84. The SMILES string of the molecule is O=[N+]([O-])c1nc(I)c(C(F)F)cc1C(F)(F)F. The van der Waals surface area contributed by atoms with E-state index in [0.717, 1.165) is 0 Å². The van der Waals surface area contributed by atoms with Crippen LogP contribution in [0.25, 0.3) is 0 Å². The first-order chi connectivity index (χ1) is 7.64. The Morgan fingerprint density at radius 2 is 1.94 bits per heavy atom. The summed E-state index contributed by atoms with van der Waals surface area (Å²) in [6.45, 7) is 0. The van der Waals surface area contributed by atoms with Crippen LogP contribution in [0.4, 0.5) is 27.8 Å². The fourth-order valence-electron chi connectivity index (χ4n) is 0.998. The Morgan fingerprint density at radius 1 is 1.41 bits per heavy atom. The maximum Gasteiger partial charge on any atom is 0.424 e. The second kappa shape index (κ2) is 4.66. The van der Waals surface area contributed by atoms with Crippen LogP contribution in [0, 0.1) is 13.8 Å². The molecule has 4 nitrogen and oxygen atoms in total. The van der Waals surface area contributed by atoms with Crippen LogP contribution in [-0.4, -0.2) is 9.91 Å². The number of nitro groups is 1. The Bertz CT molecular complexity index is 462. The summed E-state index contributed by atoms with van der Waals surface area (Å²) in [4.78, 5) is 11.9. The smallest absolute Gasteiger partial charge is 0.358 e. The van der Waals surface area contributed by atoms with Crippen LogP contribution in [0.3, 0.4) is 0 Å². The number of hydrogen-bond acceptors (Lipinski definition) is 3. The van der Waals surface area contributed by atoms with Crippen LogP contribution in [0.2, 0.25) is 0 Å². The molecule has 0 fully saturated rings. The summed E-state index contributed by atoms with van der Waals surface area (Å²) < 4.78 is 61.3. The Kier molecular flexibility index (Phi) is 3.84. The minimum atomic E-state index is -5.11. The molecule has 1 heterocycles. The highest BCUT2D eigenvalue weighted by molar-refractivity contribution is 14.1. The molecule has 0 aromatic carbocycles. The van der Waals surface area contributed by atoms with Gasteiger partial charge in [0.15, 0.2) is 5.56 Å². The van der Waals surface area contributed by atoms with Gasteiger partial charge in [0.25, 0.3) is 6.43 Å². The number of rotatable bonds is 2. The monoisotopic (exact) mass is 368 g/mol. The van der Waals surface area contributed by atoms with Gasteiger partial charge in [0.1, 0.15) is 0 Å². The van der Waals surface area contributed by atoms with Crippen molar-refractivity contribution in [2.45, 2.75) is 12.6 Å². The summed E-state index contributed by atoms with van der Waals surface area (Å²) >= 11 is 1.22. The fourth-order valence-corrected chi connectivity index (χ4v) is 1.62. The van der Waals surface area contributed by atoms with Gasteiger partial charge in [-0.1, -0.05) is 0 Å². The molecule has 0 unspecified atom stereocenters. The average Bonchev–Trinajstić information content (AvgIpc) is 2.14. The number of pyridine rings is 1. The summed E-state index contributed by atoms with van der Waals surface area (Å²) in [5, 5.41) is 10.4. The van der Waals surface area contributed by atoms with E-state index in [1.165, 1.54) is 22.6 Å². The first kappa shape index (κ1) is 14.0. The zero-order valence-electron chi connectivity index (χ0n) is 7.63. The lowest BCUT2D eigenvalue weighted by Gasteiger charge is -2.09. The van der Waals surface area contributed by atoms with Crippen molar-refractivity contribution in [1.82, 2.24) is 4.98 Å². The highest BCUT2D eigenvalue weighted by Crippen LogP contribution is 2.38. The second-order valence-electron chi connectivity index (χ2n) is 2.80. The molecule has 0 aliphatic rings. The van der Waals surface area contributed by atoms with Gasteiger partial charge in [0.2, 0.25) is 3.70 Å². The summed E-state index contributed by atoms with van der Waals surface area (Å²) in [6, 6.07) is 0.0531. The van der Waals surface area contributed by atoms with E-state index in [2.05, 4.69) is 4.98 Å². The number of hydrogen-bond donors (Lipinski definition) is 0. The van der Waals surface area contributed by atoms with Crippen LogP contribution in [0.1, 0.15) is 17.6 Å². The van der Waals surface area contributed by atoms with Crippen molar-refractivity contribution in [3.8, 4) is 0 Å². The third kappa shape index (κ3) is 2.98. The predicted octanol–water partition coefficient (Wildman–Crippen LogP) is 3.55. The van der Waals surface area contributed by atoms with E-state index < -0.39 is 38.2 Å². The van der Waals surface area contributed by atoms with Crippen molar-refractivity contribution in [2.75, 3.05) is 0 Å². The largest absolute Gasteiger partial charge is 0.424 e. The molecule has 0 N–H and O–H groups in total. The van der Waals surface area contributed by atoms with Crippen LogP contribution in [0.5, 0.6) is 0 Å². The van der Waals surface area contributed by atoms with Gasteiger partial charge in [-0.05, 0) is 16.0 Å². The van der Waals surface area contributed by atoms with Crippen molar-refractivity contribution in [3.05, 3.63) is 31.0 Å². The number of nitrogens with zero attached hydrogens (tertiary/aromatic N) is 2. The fraction of sp³-hybridized carbons (Fsp3) is 0.286. The summed E-state index contributed by atoms with van der Waals surface area (Å²) in [7, 11) is 0. The van der Waals surface area contributed by atoms with Gasteiger partial charge in [0, 0.05) is 22.6 Å². The van der Waals surface area contributed by atoms with E-state index in [1.54, 1.807) is 0 Å². The van der Waals surface area contributed by atoms with Crippen molar-refractivity contribution >= 4 is 28.4 Å². The summed E-state index contributed by atoms with van der Waals surface area (Å²) in [5.41, 5.74) is -2.76. The molecule has 94 valence electrons. The molecule has 17 heavy (non-hydrogen) atoms. The highest BCUT2D eigenvalue weighted by Gasteiger charge is 2.41. The van der Waals surface area contributed by atoms with Crippen LogP contribution >= 0.6 is 22.6 Å². The van der Waals surface area contributed by atoms with E-state index in [4.69, 9.17) is 0 Å². The minimum absolute atomic E-state index is 0.0531. The van der Waals surface area contributed by atoms with Crippen LogP contribution in [-0.2, 0) is 6.18 Å². The highest BCUT2D eigenvalue weighted by atomic mass is 127. The molecule has 0 saturated heterocycles. The molecule has 0 aliphatic heterocycles. The Balaban J connectivity index is 3.54. The Morgan fingerprint density at radius 3 is 2.29 bits per heavy atom. The lowest BCUT2D eigenvalue weighted by molar-refractivity contribution is -0.393. The minimum Gasteiger partial charge on any atom is -0.358 e. The standard InChI is InChI=1S/C7H2F5IN2O2/c8-4(9)2-1-3(7(10,11)12)6(15(16)17)14-5(2)13/h1,4H. The van der Waals surface area contributed by atoms with E-state index >= 15 is 0 Å². The van der Waals surface area contributed by atoms with Gasteiger partial charge in [0.05, 0.1) is 5.56 Å². The lowest BCUT2D eigenvalue weighted by Crippen LogP contribution is -2.12. The molecule has 1 aromatic rings. The van der Waals surface area contributed by atoms with Gasteiger partial charge >= 0.3 is 12.0 Å². The average molecular weight is 368 g/mol. The predicted molar refractivity (Wildman–Crippen MR) is 53.6 cm³/mol. The third-order valence-corrected chi connectivity index (χ3v) is 2.56. The molecule has 1 rings (SSSR count). The molecule has 0 bridgehead atoms. The van der Waals surface area contributed by atoms with Crippen molar-refractivity contribution in [2.24, 2.45) is 0 Å². The molecule has 0 radical (unpaired) electrons. The molecule has 1 aromatic heterocycles. The van der Waals surface area contributed by atoms with Crippen molar-refractivity contribution < 1.29 is 26.9 Å². The van der Waals surface area contributed by atoms with E-state index in [0.29, 0.717) is 0 Å². The number of alkyl halides is 5. The molecule has 10 heteroatoms. The van der Waals surface area contributed by atoms with Gasteiger partial charge < -0.3 is 10.1 Å². The van der Waals surface area contributed by atoms with Gasteiger partial charge in [-0.3, -0.25) is 0 Å². The van der Waals surface area contributed by atoms with E-state index in [1.807, 2.05) is 0 Å². The summed E-state index contributed by atoms with van der Waals surface area (Å²) in [5.74, 6) is -1.48. The van der Waals surface area contributed by atoms with Gasteiger partial charge in [-0.25, -0.2) is 8.78 Å². The van der Waals surface area contributed by atoms with Crippen LogP contribution in [0.15, 0.2) is 6.07 Å². The quantitative estimate of drug-likeness (QED) is 0.264. The summed E-state index contributed by atoms with van der Waals surface area (Å²) in [6.07, 6.45) is -8.29. The molecule has 0 atom stereocenters. The van der Waals surface area contributed by atoms with Gasteiger partial charge in [-0.2, -0.15) is 13.2 Å². The molecule has 0 aliphatic carbocycles. The molecular formula is C7H2F5IN2O2. The van der Waals surface area contributed by atoms with E-state index in [9.17, 15) is 32.1 Å².